The van der Waals surface area contributed by atoms with Crippen LogP contribution < -0.4 is 10.0 Å². The number of sulfonamides is 1. The van der Waals surface area contributed by atoms with E-state index < -0.39 is 10.0 Å². The zero-order valence-electron chi connectivity index (χ0n) is 13.7. The number of nitrogens with zero attached hydrogens (tertiary/aromatic N) is 3. The van der Waals surface area contributed by atoms with Crippen LogP contribution in [0.15, 0.2) is 4.90 Å². The van der Waals surface area contributed by atoms with Crippen LogP contribution in [0.3, 0.4) is 0 Å². The molecule has 2 aromatic rings. The van der Waals surface area contributed by atoms with Crippen molar-refractivity contribution >= 4 is 32.4 Å². The fourth-order valence-electron chi connectivity index (χ4n) is 2.82. The molecule has 1 aliphatic heterocycles. The quantitative estimate of drug-likeness (QED) is 0.848. The minimum absolute atomic E-state index is 0.166. The predicted molar refractivity (Wildman–Crippen MR) is 91.0 cm³/mol. The summed E-state index contributed by atoms with van der Waals surface area (Å²) in [7, 11) is -3.81. The number of aryl methyl sites for hydroxylation is 3. The van der Waals surface area contributed by atoms with Crippen LogP contribution in [0.25, 0.3) is 0 Å². The molecule has 3 heterocycles. The number of nitrogens with one attached hydrogen (secondary N) is 2. The van der Waals surface area contributed by atoms with Gasteiger partial charge >= 0.3 is 0 Å². The number of hydrogen-bond donors (Lipinski definition) is 2. The Balaban J connectivity index is 1.95. The van der Waals surface area contributed by atoms with Crippen LogP contribution in [0.5, 0.6) is 0 Å². The van der Waals surface area contributed by atoms with Crippen LogP contribution in [0.2, 0.25) is 0 Å². The van der Waals surface area contributed by atoms with Crippen molar-refractivity contribution < 1.29 is 13.2 Å². The van der Waals surface area contributed by atoms with Crippen molar-refractivity contribution in [2.75, 3.05) is 11.3 Å². The summed E-state index contributed by atoms with van der Waals surface area (Å²) in [5.74, 6) is -0.198. The molecule has 0 radical (unpaired) electrons. The van der Waals surface area contributed by atoms with Crippen LogP contribution in [0.4, 0.5) is 5.13 Å². The van der Waals surface area contributed by atoms with Crippen LogP contribution >= 0.6 is 11.3 Å². The first-order chi connectivity index (χ1) is 11.3. The molecule has 0 fully saturated rings. The topological polar surface area (TPSA) is 106 Å². The van der Waals surface area contributed by atoms with E-state index in [0.29, 0.717) is 41.5 Å². The lowest BCUT2D eigenvalue weighted by molar-refractivity contribution is 0.0960. The highest BCUT2D eigenvalue weighted by molar-refractivity contribution is 7.93. The number of carbonyl (C=O) groups excluding carboxylic acids is 1. The maximum atomic E-state index is 12.7. The third-order valence-electron chi connectivity index (χ3n) is 3.88. The largest absolute Gasteiger partial charge is 0.351 e. The van der Waals surface area contributed by atoms with E-state index in [2.05, 4.69) is 20.1 Å². The Kier molecular flexibility index (Phi) is 4.35. The van der Waals surface area contributed by atoms with Gasteiger partial charge in [-0.3, -0.25) is 14.2 Å². The average Bonchev–Trinajstić information content (AvgIpc) is 2.98. The molecule has 0 aliphatic carbocycles. The molecule has 0 aromatic carbocycles. The summed E-state index contributed by atoms with van der Waals surface area (Å²) in [6, 6.07) is 0. The summed E-state index contributed by atoms with van der Waals surface area (Å²) >= 11 is 1.06. The highest BCUT2D eigenvalue weighted by Gasteiger charge is 2.27. The first-order valence-corrected chi connectivity index (χ1v) is 9.98. The van der Waals surface area contributed by atoms with Crippen molar-refractivity contribution in [2.45, 2.75) is 45.1 Å². The van der Waals surface area contributed by atoms with Gasteiger partial charge in [-0.05, 0) is 33.6 Å². The summed E-state index contributed by atoms with van der Waals surface area (Å²) in [5, 5.41) is 7.23. The smallest absolute Gasteiger partial charge is 0.267 e. The summed E-state index contributed by atoms with van der Waals surface area (Å²) in [6.45, 7) is 6.49. The zero-order valence-corrected chi connectivity index (χ0v) is 15.3. The van der Waals surface area contributed by atoms with E-state index in [4.69, 9.17) is 0 Å². The normalized spacial score (nSPS) is 14.9. The van der Waals surface area contributed by atoms with Crippen LogP contribution in [0.1, 0.15) is 40.1 Å². The molecule has 10 heteroatoms. The van der Waals surface area contributed by atoms with E-state index in [-0.39, 0.29) is 15.9 Å². The third-order valence-corrected chi connectivity index (χ3v) is 6.62. The Morgan fingerprint density at radius 1 is 1.38 bits per heavy atom. The minimum Gasteiger partial charge on any atom is -0.351 e. The molecule has 1 amide bonds. The van der Waals surface area contributed by atoms with E-state index in [0.717, 1.165) is 17.8 Å². The minimum atomic E-state index is -3.81. The lowest BCUT2D eigenvalue weighted by Gasteiger charge is -2.06. The molecule has 2 aromatic heterocycles. The molecule has 0 atom stereocenters. The van der Waals surface area contributed by atoms with Crippen molar-refractivity contribution in [3.63, 3.8) is 0 Å². The number of carbonyl (C=O) groups is 1. The molecule has 3 rings (SSSR count). The lowest BCUT2D eigenvalue weighted by Crippen LogP contribution is -2.21. The van der Waals surface area contributed by atoms with Crippen molar-refractivity contribution in [1.82, 2.24) is 20.1 Å². The third kappa shape index (κ3) is 2.91. The summed E-state index contributed by atoms with van der Waals surface area (Å²) in [5.41, 5.74) is 1.67. The number of hydrogen-bond acceptors (Lipinski definition) is 6. The summed E-state index contributed by atoms with van der Waals surface area (Å²) in [4.78, 5) is 16.9. The molecule has 0 spiro atoms. The Bertz CT molecular complexity index is 898. The van der Waals surface area contributed by atoms with Gasteiger partial charge < -0.3 is 5.32 Å². The number of aromatic nitrogens is 3. The fraction of sp³-hybridized carbons (Fsp3) is 0.500. The Morgan fingerprint density at radius 3 is 2.79 bits per heavy atom. The highest BCUT2D eigenvalue weighted by Crippen LogP contribution is 2.29. The first-order valence-electron chi connectivity index (χ1n) is 7.68. The monoisotopic (exact) mass is 369 g/mol. The van der Waals surface area contributed by atoms with E-state index in [9.17, 15) is 13.2 Å². The molecule has 8 nitrogen and oxygen atoms in total. The number of anilines is 1. The SMILES string of the molecule is CCn1nc(C)c(S(=O)(=O)Nc2nc3c(s2)C(=O)NCCC3)c1C. The van der Waals surface area contributed by atoms with Crippen molar-refractivity contribution in [2.24, 2.45) is 0 Å². The van der Waals surface area contributed by atoms with Gasteiger partial charge in [-0.25, -0.2) is 13.4 Å². The average molecular weight is 369 g/mol. The second-order valence-corrected chi connectivity index (χ2v) is 8.19. The molecule has 130 valence electrons. The van der Waals surface area contributed by atoms with Crippen molar-refractivity contribution in [1.29, 1.82) is 0 Å². The molecule has 0 unspecified atom stereocenters. The number of fused-ring (bicyclic) bond motifs is 1. The maximum Gasteiger partial charge on any atom is 0.267 e. The highest BCUT2D eigenvalue weighted by atomic mass is 32.2. The molecule has 0 saturated carbocycles. The van der Waals surface area contributed by atoms with Gasteiger partial charge in [0.1, 0.15) is 9.77 Å². The summed E-state index contributed by atoms with van der Waals surface area (Å²) < 4.78 is 29.6. The molecule has 2 N–H and O–H groups in total. The van der Waals surface area contributed by atoms with Crippen LogP contribution in [0, 0.1) is 13.8 Å². The van der Waals surface area contributed by atoms with Gasteiger partial charge in [-0.2, -0.15) is 5.10 Å². The lowest BCUT2D eigenvalue weighted by atomic mass is 10.2. The maximum absolute atomic E-state index is 12.7. The van der Waals surface area contributed by atoms with E-state index in [1.165, 1.54) is 0 Å². The molecule has 0 saturated heterocycles. The van der Waals surface area contributed by atoms with Crippen LogP contribution in [-0.4, -0.2) is 35.6 Å². The van der Waals surface area contributed by atoms with E-state index >= 15 is 0 Å². The molecule has 24 heavy (non-hydrogen) atoms. The van der Waals surface area contributed by atoms with Gasteiger partial charge in [0.05, 0.1) is 17.1 Å². The van der Waals surface area contributed by atoms with Gasteiger partial charge in [-0.1, -0.05) is 11.3 Å². The predicted octanol–water partition coefficient (Wildman–Crippen LogP) is 1.45. The van der Waals surface area contributed by atoms with E-state index in [1.54, 1.807) is 18.5 Å². The van der Waals surface area contributed by atoms with Gasteiger partial charge in [0.25, 0.3) is 15.9 Å². The number of thiazole rings is 1. The second kappa shape index (κ2) is 6.17. The molecular formula is C14H19N5O3S2. The van der Waals surface area contributed by atoms with Crippen molar-refractivity contribution in [3.05, 3.63) is 22.0 Å². The second-order valence-electron chi connectivity index (χ2n) is 5.58. The van der Waals surface area contributed by atoms with Gasteiger partial charge in [0, 0.05) is 13.1 Å². The Hall–Kier alpha value is -1.94. The number of amides is 1. The Morgan fingerprint density at radius 2 is 2.12 bits per heavy atom. The van der Waals surface area contributed by atoms with Crippen LogP contribution in [-0.2, 0) is 23.0 Å². The standard InChI is InChI=1S/C14H19N5O3S2/c1-4-19-9(3)12(8(2)17-19)24(21,22)18-14-16-10-6-5-7-15-13(20)11(10)23-14/h4-7H2,1-3H3,(H,15,20)(H,16,18). The molecular weight excluding hydrogens is 350 g/mol. The summed E-state index contributed by atoms with van der Waals surface area (Å²) in [6.07, 6.45) is 1.44. The van der Waals surface area contributed by atoms with Gasteiger partial charge in [-0.15, -0.1) is 0 Å². The van der Waals surface area contributed by atoms with Gasteiger partial charge in [0.2, 0.25) is 0 Å². The van der Waals surface area contributed by atoms with E-state index in [1.807, 2.05) is 6.92 Å². The first kappa shape index (κ1) is 16.9. The Labute approximate surface area is 144 Å². The fourth-order valence-corrected chi connectivity index (χ4v) is 5.40. The number of rotatable bonds is 4. The molecule has 1 aliphatic rings. The van der Waals surface area contributed by atoms with Crippen molar-refractivity contribution in [3.8, 4) is 0 Å². The molecule has 0 bridgehead atoms. The van der Waals surface area contributed by atoms with Gasteiger partial charge in [0.15, 0.2) is 5.13 Å². The zero-order chi connectivity index (χ0) is 17.5.